The standard InChI is InChI=1S/C16H22BrNO2/c1-2-13-6-7-16(19)18(9-8-13)10-11-20-15-5-3-4-14(17)12-15/h3-5,12-13H,2,6-11H2,1H3. The fourth-order valence-corrected chi connectivity index (χ4v) is 2.95. The van der Waals surface area contributed by atoms with Gasteiger partial charge >= 0.3 is 0 Å². The second-order valence-electron chi connectivity index (χ2n) is 5.29. The van der Waals surface area contributed by atoms with E-state index in [0.29, 0.717) is 25.5 Å². The van der Waals surface area contributed by atoms with Crippen LogP contribution in [-0.4, -0.2) is 30.5 Å². The van der Waals surface area contributed by atoms with Gasteiger partial charge in [0.25, 0.3) is 0 Å². The first-order chi connectivity index (χ1) is 9.69. The molecule has 1 atom stereocenters. The normalized spacial score (nSPS) is 19.8. The Kier molecular flexibility index (Phi) is 5.89. The summed E-state index contributed by atoms with van der Waals surface area (Å²) in [4.78, 5) is 14.0. The Balaban J connectivity index is 1.79. The molecule has 1 aliphatic heterocycles. The third kappa shape index (κ3) is 4.51. The number of halogens is 1. The van der Waals surface area contributed by atoms with Gasteiger partial charge in [-0.25, -0.2) is 0 Å². The number of hydrogen-bond acceptors (Lipinski definition) is 2. The molecule has 0 aromatic heterocycles. The molecule has 1 aromatic carbocycles. The van der Waals surface area contributed by atoms with E-state index in [-0.39, 0.29) is 5.91 Å². The Bertz CT molecular complexity index is 450. The summed E-state index contributed by atoms with van der Waals surface area (Å²) in [6, 6.07) is 7.79. The highest BCUT2D eigenvalue weighted by atomic mass is 79.9. The van der Waals surface area contributed by atoms with Gasteiger partial charge in [0.05, 0.1) is 6.54 Å². The van der Waals surface area contributed by atoms with Crippen LogP contribution in [-0.2, 0) is 4.79 Å². The highest BCUT2D eigenvalue weighted by molar-refractivity contribution is 9.10. The first kappa shape index (κ1) is 15.4. The molecule has 2 rings (SSSR count). The molecule has 1 aliphatic rings. The number of carbonyl (C=O) groups excluding carboxylic acids is 1. The van der Waals surface area contributed by atoms with Gasteiger partial charge < -0.3 is 9.64 Å². The van der Waals surface area contributed by atoms with Crippen molar-refractivity contribution < 1.29 is 9.53 Å². The van der Waals surface area contributed by atoms with Crippen LogP contribution < -0.4 is 4.74 Å². The van der Waals surface area contributed by atoms with Gasteiger partial charge in [-0.3, -0.25) is 4.79 Å². The van der Waals surface area contributed by atoms with E-state index in [1.807, 2.05) is 29.2 Å². The minimum Gasteiger partial charge on any atom is -0.492 e. The molecule has 0 spiro atoms. The Morgan fingerprint density at radius 1 is 1.40 bits per heavy atom. The summed E-state index contributed by atoms with van der Waals surface area (Å²) in [5.74, 6) is 1.82. The van der Waals surface area contributed by atoms with Crippen LogP contribution in [0.15, 0.2) is 28.7 Å². The maximum atomic E-state index is 12.0. The lowest BCUT2D eigenvalue weighted by molar-refractivity contribution is -0.131. The van der Waals surface area contributed by atoms with Crippen molar-refractivity contribution in [1.82, 2.24) is 4.90 Å². The van der Waals surface area contributed by atoms with Crippen molar-refractivity contribution in [3.8, 4) is 5.75 Å². The van der Waals surface area contributed by atoms with Gasteiger partial charge in [0.2, 0.25) is 5.91 Å². The van der Waals surface area contributed by atoms with Crippen molar-refractivity contribution in [3.63, 3.8) is 0 Å². The zero-order valence-electron chi connectivity index (χ0n) is 12.0. The van der Waals surface area contributed by atoms with Gasteiger partial charge in [-0.05, 0) is 37.0 Å². The summed E-state index contributed by atoms with van der Waals surface area (Å²) in [5, 5.41) is 0. The van der Waals surface area contributed by atoms with Crippen LogP contribution in [0.25, 0.3) is 0 Å². The minimum atomic E-state index is 0.277. The van der Waals surface area contributed by atoms with E-state index in [2.05, 4.69) is 22.9 Å². The van der Waals surface area contributed by atoms with Crippen molar-refractivity contribution in [2.75, 3.05) is 19.7 Å². The van der Waals surface area contributed by atoms with Gasteiger partial charge in [0.1, 0.15) is 12.4 Å². The topological polar surface area (TPSA) is 29.5 Å². The molecule has 1 amide bonds. The lowest BCUT2D eigenvalue weighted by atomic mass is 9.98. The molecule has 1 unspecified atom stereocenters. The van der Waals surface area contributed by atoms with Gasteiger partial charge in [-0.2, -0.15) is 0 Å². The van der Waals surface area contributed by atoms with E-state index in [0.717, 1.165) is 29.6 Å². The fourth-order valence-electron chi connectivity index (χ4n) is 2.57. The van der Waals surface area contributed by atoms with Gasteiger partial charge in [0.15, 0.2) is 0 Å². The first-order valence-electron chi connectivity index (χ1n) is 7.35. The number of rotatable bonds is 5. The van der Waals surface area contributed by atoms with Crippen LogP contribution >= 0.6 is 15.9 Å². The van der Waals surface area contributed by atoms with Crippen LogP contribution in [0, 0.1) is 5.92 Å². The second-order valence-corrected chi connectivity index (χ2v) is 6.20. The van der Waals surface area contributed by atoms with Crippen molar-refractivity contribution in [2.24, 2.45) is 5.92 Å². The van der Waals surface area contributed by atoms with Crippen LogP contribution in [0.2, 0.25) is 0 Å². The molecule has 1 fully saturated rings. The van der Waals surface area contributed by atoms with E-state index in [1.54, 1.807) is 0 Å². The molecule has 0 N–H and O–H groups in total. The summed E-state index contributed by atoms with van der Waals surface area (Å²) in [6.07, 6.45) is 4.03. The summed E-state index contributed by atoms with van der Waals surface area (Å²) in [6.45, 7) is 4.32. The molecule has 0 radical (unpaired) electrons. The van der Waals surface area contributed by atoms with Gasteiger partial charge in [-0.15, -0.1) is 0 Å². The Hall–Kier alpha value is -1.03. The summed E-state index contributed by atoms with van der Waals surface area (Å²) in [5.41, 5.74) is 0. The molecule has 3 nitrogen and oxygen atoms in total. The number of hydrogen-bond donors (Lipinski definition) is 0. The monoisotopic (exact) mass is 339 g/mol. The predicted octanol–water partition coefficient (Wildman–Crippen LogP) is 3.87. The molecule has 20 heavy (non-hydrogen) atoms. The van der Waals surface area contributed by atoms with Crippen LogP contribution in [0.4, 0.5) is 0 Å². The van der Waals surface area contributed by atoms with E-state index in [4.69, 9.17) is 4.74 Å². The molecule has 4 heteroatoms. The van der Waals surface area contributed by atoms with Crippen molar-refractivity contribution in [1.29, 1.82) is 0 Å². The molecule has 110 valence electrons. The van der Waals surface area contributed by atoms with E-state index < -0.39 is 0 Å². The largest absolute Gasteiger partial charge is 0.492 e. The average Bonchev–Trinajstić information content (AvgIpc) is 2.62. The highest BCUT2D eigenvalue weighted by Gasteiger charge is 2.21. The molecule has 0 aliphatic carbocycles. The Labute approximate surface area is 129 Å². The lowest BCUT2D eigenvalue weighted by Crippen LogP contribution is -2.34. The SMILES string of the molecule is CCC1CCC(=O)N(CCOc2cccc(Br)c2)CC1. The van der Waals surface area contributed by atoms with E-state index in [1.165, 1.54) is 6.42 Å². The summed E-state index contributed by atoms with van der Waals surface area (Å²) < 4.78 is 6.71. The zero-order chi connectivity index (χ0) is 14.4. The quantitative estimate of drug-likeness (QED) is 0.814. The lowest BCUT2D eigenvalue weighted by Gasteiger charge is -2.21. The number of ether oxygens (including phenoxy) is 1. The number of likely N-dealkylation sites (tertiary alicyclic amines) is 1. The molecular weight excluding hydrogens is 318 g/mol. The third-order valence-corrected chi connectivity index (χ3v) is 4.42. The van der Waals surface area contributed by atoms with Crippen molar-refractivity contribution in [3.05, 3.63) is 28.7 Å². The second kappa shape index (κ2) is 7.67. The number of amides is 1. The molecular formula is C16H22BrNO2. The number of carbonyl (C=O) groups is 1. The summed E-state index contributed by atoms with van der Waals surface area (Å²) in [7, 11) is 0. The smallest absolute Gasteiger partial charge is 0.222 e. The maximum absolute atomic E-state index is 12.0. The van der Waals surface area contributed by atoms with Gasteiger partial charge in [0, 0.05) is 17.4 Å². The Morgan fingerprint density at radius 3 is 3.00 bits per heavy atom. The predicted molar refractivity (Wildman–Crippen MR) is 83.8 cm³/mol. The zero-order valence-corrected chi connectivity index (χ0v) is 13.6. The first-order valence-corrected chi connectivity index (χ1v) is 8.14. The highest BCUT2D eigenvalue weighted by Crippen LogP contribution is 2.21. The fraction of sp³-hybridized carbons (Fsp3) is 0.562. The molecule has 1 heterocycles. The average molecular weight is 340 g/mol. The molecule has 0 saturated carbocycles. The van der Waals surface area contributed by atoms with Crippen molar-refractivity contribution >= 4 is 21.8 Å². The van der Waals surface area contributed by atoms with Gasteiger partial charge in [-0.1, -0.05) is 35.3 Å². The maximum Gasteiger partial charge on any atom is 0.222 e. The van der Waals surface area contributed by atoms with E-state index >= 15 is 0 Å². The molecule has 0 bridgehead atoms. The van der Waals surface area contributed by atoms with Crippen LogP contribution in [0.3, 0.4) is 0 Å². The molecule has 1 aromatic rings. The van der Waals surface area contributed by atoms with Crippen LogP contribution in [0.5, 0.6) is 5.75 Å². The van der Waals surface area contributed by atoms with Crippen molar-refractivity contribution in [2.45, 2.75) is 32.6 Å². The third-order valence-electron chi connectivity index (χ3n) is 3.93. The molecule has 1 saturated heterocycles. The van der Waals surface area contributed by atoms with Crippen LogP contribution in [0.1, 0.15) is 32.6 Å². The summed E-state index contributed by atoms with van der Waals surface area (Å²) >= 11 is 3.42. The number of nitrogens with zero attached hydrogens (tertiary/aromatic N) is 1. The van der Waals surface area contributed by atoms with E-state index in [9.17, 15) is 4.79 Å². The Morgan fingerprint density at radius 2 is 2.25 bits per heavy atom. The minimum absolute atomic E-state index is 0.277. The number of benzene rings is 1.